The molecule has 4 rings (SSSR count). The molecule has 0 heterocycles. The van der Waals surface area contributed by atoms with Gasteiger partial charge in [0.25, 0.3) is 0 Å². The minimum Gasteiger partial charge on any atom is -0.298 e. The molecular formula is C22H20O. The molecule has 0 aliphatic heterocycles. The summed E-state index contributed by atoms with van der Waals surface area (Å²) in [7, 11) is 0. The smallest absolute Gasteiger partial charge is 0.150 e. The highest BCUT2D eigenvalue weighted by Crippen LogP contribution is 2.39. The third-order valence-corrected chi connectivity index (χ3v) is 4.95. The van der Waals surface area contributed by atoms with Crippen molar-refractivity contribution in [1.29, 1.82) is 0 Å². The van der Waals surface area contributed by atoms with Crippen molar-refractivity contribution >= 4 is 38.6 Å². The van der Waals surface area contributed by atoms with Crippen molar-refractivity contribution in [3.05, 3.63) is 59.2 Å². The number of carbonyl (C=O) groups excluding carboxylic acids is 1. The number of benzene rings is 4. The fourth-order valence-corrected chi connectivity index (χ4v) is 3.66. The Morgan fingerprint density at radius 3 is 2.00 bits per heavy atom. The molecule has 0 saturated carbocycles. The van der Waals surface area contributed by atoms with Crippen LogP contribution in [0.15, 0.2) is 42.5 Å². The molecule has 114 valence electrons. The van der Waals surface area contributed by atoms with Crippen molar-refractivity contribution in [2.24, 2.45) is 0 Å². The van der Waals surface area contributed by atoms with E-state index in [4.69, 9.17) is 0 Å². The van der Waals surface area contributed by atoms with Crippen LogP contribution in [0.3, 0.4) is 0 Å². The largest absolute Gasteiger partial charge is 0.298 e. The van der Waals surface area contributed by atoms with E-state index in [0.717, 1.165) is 22.8 Å². The monoisotopic (exact) mass is 300 g/mol. The zero-order valence-corrected chi connectivity index (χ0v) is 14.0. The first kappa shape index (κ1) is 14.2. The van der Waals surface area contributed by atoms with Crippen LogP contribution in [-0.4, -0.2) is 6.29 Å². The van der Waals surface area contributed by atoms with Gasteiger partial charge in [-0.1, -0.05) is 57.2 Å². The lowest BCUT2D eigenvalue weighted by Crippen LogP contribution is -2.10. The van der Waals surface area contributed by atoms with Crippen LogP contribution in [0.4, 0.5) is 0 Å². The second-order valence-corrected chi connectivity index (χ2v) is 7.55. The van der Waals surface area contributed by atoms with Crippen molar-refractivity contribution in [3.63, 3.8) is 0 Å². The van der Waals surface area contributed by atoms with Gasteiger partial charge in [-0.05, 0) is 61.8 Å². The van der Waals surface area contributed by atoms with E-state index in [1.54, 1.807) is 0 Å². The average molecular weight is 300 g/mol. The van der Waals surface area contributed by atoms with Gasteiger partial charge in [0.1, 0.15) is 0 Å². The number of aldehydes is 1. The molecule has 0 fully saturated rings. The summed E-state index contributed by atoms with van der Waals surface area (Å²) in [5, 5.41) is 7.32. The van der Waals surface area contributed by atoms with E-state index in [1.165, 1.54) is 32.5 Å². The minimum absolute atomic E-state index is 0.119. The standard InChI is InChI=1S/C22H20O/c1-13-9-16(12-23)19-8-6-15-11-17(22(2,3)4)10-14-5-7-18(13)21(19)20(14)15/h5-12H,1-4H3. The van der Waals surface area contributed by atoms with E-state index in [-0.39, 0.29) is 5.41 Å². The van der Waals surface area contributed by atoms with E-state index in [1.807, 2.05) is 6.07 Å². The Kier molecular flexibility index (Phi) is 2.81. The maximum absolute atomic E-state index is 11.5. The second kappa shape index (κ2) is 4.55. The number of hydrogen-bond donors (Lipinski definition) is 0. The van der Waals surface area contributed by atoms with Gasteiger partial charge in [0.05, 0.1) is 0 Å². The summed E-state index contributed by atoms with van der Waals surface area (Å²) in [6, 6.07) is 15.2. The van der Waals surface area contributed by atoms with E-state index in [2.05, 4.69) is 64.1 Å². The molecule has 0 radical (unpaired) electrons. The molecule has 1 heteroatoms. The van der Waals surface area contributed by atoms with Gasteiger partial charge >= 0.3 is 0 Å². The molecule has 23 heavy (non-hydrogen) atoms. The molecule has 0 atom stereocenters. The van der Waals surface area contributed by atoms with Gasteiger partial charge in [-0.15, -0.1) is 0 Å². The van der Waals surface area contributed by atoms with Crippen molar-refractivity contribution in [2.45, 2.75) is 33.1 Å². The summed E-state index contributed by atoms with van der Waals surface area (Å²) in [5.74, 6) is 0. The lowest BCUT2D eigenvalue weighted by Gasteiger charge is -2.22. The van der Waals surface area contributed by atoms with Crippen LogP contribution in [0, 0.1) is 6.92 Å². The van der Waals surface area contributed by atoms with E-state index >= 15 is 0 Å². The molecule has 0 aromatic heterocycles. The van der Waals surface area contributed by atoms with E-state index in [0.29, 0.717) is 0 Å². The van der Waals surface area contributed by atoms with E-state index < -0.39 is 0 Å². The topological polar surface area (TPSA) is 17.1 Å². The SMILES string of the molecule is Cc1cc(C=O)c2ccc3cc(C(C)(C)C)cc4ccc1c2c43. The molecule has 4 aromatic carbocycles. The molecule has 0 aliphatic carbocycles. The van der Waals surface area contributed by atoms with Gasteiger partial charge in [0.2, 0.25) is 0 Å². The molecule has 0 unspecified atom stereocenters. The molecule has 0 aliphatic rings. The fourth-order valence-electron chi connectivity index (χ4n) is 3.66. The van der Waals surface area contributed by atoms with E-state index in [9.17, 15) is 4.79 Å². The summed E-state index contributed by atoms with van der Waals surface area (Å²) < 4.78 is 0. The summed E-state index contributed by atoms with van der Waals surface area (Å²) >= 11 is 0. The van der Waals surface area contributed by atoms with Gasteiger partial charge in [-0.3, -0.25) is 4.79 Å². The molecule has 0 spiro atoms. The average Bonchev–Trinajstić information content (AvgIpc) is 2.52. The number of hydrogen-bond acceptors (Lipinski definition) is 1. The predicted octanol–water partition coefficient (Wildman–Crippen LogP) is 6.00. The van der Waals surface area contributed by atoms with Crippen LogP contribution in [0.25, 0.3) is 32.3 Å². The first-order valence-corrected chi connectivity index (χ1v) is 8.08. The maximum atomic E-state index is 11.5. The van der Waals surface area contributed by atoms with Crippen LogP contribution in [-0.2, 0) is 5.41 Å². The van der Waals surface area contributed by atoms with Crippen LogP contribution in [0.5, 0.6) is 0 Å². The Morgan fingerprint density at radius 1 is 0.826 bits per heavy atom. The quantitative estimate of drug-likeness (QED) is 0.311. The Balaban J connectivity index is 2.27. The molecule has 4 aromatic rings. The number of aryl methyl sites for hydroxylation is 1. The second-order valence-electron chi connectivity index (χ2n) is 7.55. The summed E-state index contributed by atoms with van der Waals surface area (Å²) in [6.07, 6.45) is 0.972. The highest BCUT2D eigenvalue weighted by atomic mass is 16.1. The Morgan fingerprint density at radius 2 is 1.43 bits per heavy atom. The van der Waals surface area contributed by atoms with Crippen LogP contribution >= 0.6 is 0 Å². The Labute approximate surface area is 136 Å². The van der Waals surface area contributed by atoms with Crippen LogP contribution in [0.1, 0.15) is 42.3 Å². The van der Waals surface area contributed by atoms with Crippen LogP contribution in [0.2, 0.25) is 0 Å². The molecule has 0 N–H and O–H groups in total. The normalized spacial score (nSPS) is 12.5. The van der Waals surface area contributed by atoms with Crippen molar-refractivity contribution < 1.29 is 4.79 Å². The summed E-state index contributed by atoms with van der Waals surface area (Å²) in [5.41, 5.74) is 3.41. The third kappa shape index (κ3) is 1.96. The molecule has 0 saturated heterocycles. The zero-order valence-electron chi connectivity index (χ0n) is 14.0. The third-order valence-electron chi connectivity index (χ3n) is 4.95. The van der Waals surface area contributed by atoms with Crippen molar-refractivity contribution in [1.82, 2.24) is 0 Å². The molecular weight excluding hydrogens is 280 g/mol. The molecule has 1 nitrogen and oxygen atoms in total. The highest BCUT2D eigenvalue weighted by Gasteiger charge is 2.18. The predicted molar refractivity (Wildman–Crippen MR) is 99.0 cm³/mol. The molecule has 0 bridgehead atoms. The fraction of sp³-hybridized carbons (Fsp3) is 0.227. The minimum atomic E-state index is 0.119. The van der Waals surface area contributed by atoms with Gasteiger partial charge in [0, 0.05) is 5.56 Å². The lowest BCUT2D eigenvalue weighted by atomic mass is 9.82. The zero-order chi connectivity index (χ0) is 16.4. The van der Waals surface area contributed by atoms with Crippen LogP contribution < -0.4 is 0 Å². The van der Waals surface area contributed by atoms with Gasteiger partial charge < -0.3 is 0 Å². The number of carbonyl (C=O) groups is 1. The van der Waals surface area contributed by atoms with Crippen molar-refractivity contribution in [2.75, 3.05) is 0 Å². The summed E-state index contributed by atoms with van der Waals surface area (Å²) in [6.45, 7) is 8.82. The van der Waals surface area contributed by atoms with Crippen molar-refractivity contribution in [3.8, 4) is 0 Å². The first-order chi connectivity index (χ1) is 10.9. The Hall–Kier alpha value is -2.41. The first-order valence-electron chi connectivity index (χ1n) is 8.08. The maximum Gasteiger partial charge on any atom is 0.150 e. The Bertz CT molecular complexity index is 1050. The van der Waals surface area contributed by atoms with Gasteiger partial charge in [-0.2, -0.15) is 0 Å². The summed E-state index contributed by atoms with van der Waals surface area (Å²) in [4.78, 5) is 11.5. The highest BCUT2D eigenvalue weighted by molar-refractivity contribution is 6.26. The lowest BCUT2D eigenvalue weighted by molar-refractivity contribution is 0.112. The number of rotatable bonds is 1. The van der Waals surface area contributed by atoms with Gasteiger partial charge in [0.15, 0.2) is 6.29 Å². The molecule has 0 amide bonds. The van der Waals surface area contributed by atoms with Gasteiger partial charge in [-0.25, -0.2) is 0 Å².